The summed E-state index contributed by atoms with van der Waals surface area (Å²) in [6, 6.07) is 19.2. The average Bonchev–Trinajstić information content (AvgIpc) is 2.56. The van der Waals surface area contributed by atoms with Gasteiger partial charge in [-0.1, -0.05) is 36.4 Å². The van der Waals surface area contributed by atoms with Crippen molar-refractivity contribution < 1.29 is 0 Å². The molecule has 2 aromatic rings. The second-order valence-corrected chi connectivity index (χ2v) is 6.25. The predicted molar refractivity (Wildman–Crippen MR) is 91.0 cm³/mol. The molecule has 0 amide bonds. The van der Waals surface area contributed by atoms with Gasteiger partial charge in [0.25, 0.3) is 0 Å². The Morgan fingerprint density at radius 1 is 1.09 bits per heavy atom. The molecule has 112 valence electrons. The van der Waals surface area contributed by atoms with Crippen LogP contribution in [-0.2, 0) is 6.42 Å². The lowest BCUT2D eigenvalue weighted by Gasteiger charge is -2.34. The first-order valence-corrected chi connectivity index (χ1v) is 8.06. The van der Waals surface area contributed by atoms with E-state index in [2.05, 4.69) is 54.3 Å². The maximum Gasteiger partial charge on any atom is 0.101 e. The summed E-state index contributed by atoms with van der Waals surface area (Å²) in [5, 5.41) is 9.31. The molecule has 0 atom stereocenters. The monoisotopic (exact) mass is 290 g/mol. The number of hydrogen-bond donors (Lipinski definition) is 0. The molecular weight excluding hydrogens is 268 g/mol. The average molecular weight is 290 g/mol. The third-order valence-corrected chi connectivity index (χ3v) is 4.60. The van der Waals surface area contributed by atoms with Crippen LogP contribution >= 0.6 is 0 Å². The van der Waals surface area contributed by atoms with Gasteiger partial charge in [-0.05, 0) is 55.4 Å². The lowest BCUT2D eigenvalue weighted by Crippen LogP contribution is -2.34. The number of rotatable bonds is 3. The van der Waals surface area contributed by atoms with Crippen molar-refractivity contribution in [1.82, 2.24) is 0 Å². The van der Waals surface area contributed by atoms with E-state index in [1.54, 1.807) is 0 Å². The SMILES string of the molecule is Cc1ccc(C#N)c(N2CCC(Cc3ccccc3)CC2)c1. The molecule has 0 aromatic heterocycles. The first kappa shape index (κ1) is 14.7. The molecule has 1 aliphatic heterocycles. The van der Waals surface area contributed by atoms with Gasteiger partial charge in [0.2, 0.25) is 0 Å². The van der Waals surface area contributed by atoms with E-state index in [1.165, 1.54) is 30.4 Å². The number of piperidine rings is 1. The van der Waals surface area contributed by atoms with E-state index in [-0.39, 0.29) is 0 Å². The van der Waals surface area contributed by atoms with E-state index in [1.807, 2.05) is 12.1 Å². The summed E-state index contributed by atoms with van der Waals surface area (Å²) in [6.07, 6.45) is 3.58. The molecule has 0 unspecified atom stereocenters. The van der Waals surface area contributed by atoms with E-state index >= 15 is 0 Å². The van der Waals surface area contributed by atoms with Crippen LogP contribution in [0.5, 0.6) is 0 Å². The highest BCUT2D eigenvalue weighted by molar-refractivity contribution is 5.60. The van der Waals surface area contributed by atoms with E-state index in [0.717, 1.165) is 30.3 Å². The van der Waals surface area contributed by atoms with E-state index < -0.39 is 0 Å². The Hall–Kier alpha value is -2.27. The summed E-state index contributed by atoms with van der Waals surface area (Å²) in [7, 11) is 0. The summed E-state index contributed by atoms with van der Waals surface area (Å²) in [5.41, 5.74) is 4.57. The minimum absolute atomic E-state index is 0.758. The van der Waals surface area contributed by atoms with Crippen LogP contribution in [0.1, 0.15) is 29.5 Å². The molecule has 0 N–H and O–H groups in total. The molecule has 0 spiro atoms. The van der Waals surface area contributed by atoms with Crippen molar-refractivity contribution in [2.75, 3.05) is 18.0 Å². The van der Waals surface area contributed by atoms with Crippen LogP contribution in [0.25, 0.3) is 0 Å². The van der Waals surface area contributed by atoms with Gasteiger partial charge in [0.15, 0.2) is 0 Å². The fourth-order valence-electron chi connectivity index (χ4n) is 3.32. The van der Waals surface area contributed by atoms with Crippen LogP contribution in [0.15, 0.2) is 48.5 Å². The highest BCUT2D eigenvalue weighted by Crippen LogP contribution is 2.28. The molecule has 1 heterocycles. The predicted octanol–water partition coefficient (Wildman–Crippen LogP) is 4.33. The molecule has 3 rings (SSSR count). The van der Waals surface area contributed by atoms with Gasteiger partial charge in [-0.15, -0.1) is 0 Å². The molecule has 0 bridgehead atoms. The van der Waals surface area contributed by atoms with Crippen molar-refractivity contribution in [1.29, 1.82) is 5.26 Å². The minimum atomic E-state index is 0.758. The zero-order valence-electron chi connectivity index (χ0n) is 13.1. The zero-order chi connectivity index (χ0) is 15.4. The van der Waals surface area contributed by atoms with E-state index in [4.69, 9.17) is 0 Å². The summed E-state index contributed by atoms with van der Waals surface area (Å²) >= 11 is 0. The van der Waals surface area contributed by atoms with Crippen LogP contribution in [0.3, 0.4) is 0 Å². The molecule has 2 aromatic carbocycles. The molecular formula is C20H22N2. The van der Waals surface area contributed by atoms with Gasteiger partial charge in [0.1, 0.15) is 6.07 Å². The van der Waals surface area contributed by atoms with E-state index in [9.17, 15) is 5.26 Å². The Morgan fingerprint density at radius 2 is 1.82 bits per heavy atom. The largest absolute Gasteiger partial charge is 0.370 e. The third kappa shape index (κ3) is 3.31. The van der Waals surface area contributed by atoms with Crippen molar-refractivity contribution in [2.45, 2.75) is 26.2 Å². The molecule has 0 radical (unpaired) electrons. The number of benzene rings is 2. The number of nitrogens with zero attached hydrogens (tertiary/aromatic N) is 2. The highest BCUT2D eigenvalue weighted by atomic mass is 15.1. The smallest absolute Gasteiger partial charge is 0.101 e. The second kappa shape index (κ2) is 6.66. The molecule has 1 fully saturated rings. The van der Waals surface area contributed by atoms with Gasteiger partial charge in [-0.3, -0.25) is 0 Å². The lowest BCUT2D eigenvalue weighted by atomic mass is 9.89. The number of anilines is 1. The molecule has 1 saturated heterocycles. The lowest BCUT2D eigenvalue weighted by molar-refractivity contribution is 0.403. The van der Waals surface area contributed by atoms with Crippen LogP contribution in [-0.4, -0.2) is 13.1 Å². The highest BCUT2D eigenvalue weighted by Gasteiger charge is 2.21. The normalized spacial score (nSPS) is 15.5. The van der Waals surface area contributed by atoms with Crippen molar-refractivity contribution in [2.24, 2.45) is 5.92 Å². The Balaban J connectivity index is 1.65. The molecule has 2 nitrogen and oxygen atoms in total. The maximum atomic E-state index is 9.31. The van der Waals surface area contributed by atoms with Crippen molar-refractivity contribution >= 4 is 5.69 Å². The summed E-state index contributed by atoms with van der Waals surface area (Å²) in [6.45, 7) is 4.19. The number of aryl methyl sites for hydroxylation is 1. The standard InChI is InChI=1S/C20H22N2/c1-16-7-8-19(15-21)20(13-16)22-11-9-18(10-12-22)14-17-5-3-2-4-6-17/h2-8,13,18H,9-12,14H2,1H3. The Morgan fingerprint density at radius 3 is 2.50 bits per heavy atom. The molecule has 0 aliphatic carbocycles. The molecule has 22 heavy (non-hydrogen) atoms. The molecule has 2 heteroatoms. The Kier molecular flexibility index (Phi) is 4.44. The number of nitriles is 1. The maximum absolute atomic E-state index is 9.31. The van der Waals surface area contributed by atoms with Crippen LogP contribution in [0.2, 0.25) is 0 Å². The van der Waals surface area contributed by atoms with Crippen LogP contribution in [0, 0.1) is 24.2 Å². The second-order valence-electron chi connectivity index (χ2n) is 6.25. The Labute approximate surface area is 133 Å². The summed E-state index contributed by atoms with van der Waals surface area (Å²) in [5.74, 6) is 0.758. The quantitative estimate of drug-likeness (QED) is 0.841. The zero-order valence-corrected chi connectivity index (χ0v) is 13.1. The first-order chi connectivity index (χ1) is 10.8. The van der Waals surface area contributed by atoms with Gasteiger partial charge in [-0.25, -0.2) is 0 Å². The van der Waals surface area contributed by atoms with Gasteiger partial charge in [-0.2, -0.15) is 5.26 Å². The third-order valence-electron chi connectivity index (χ3n) is 4.60. The molecule has 0 saturated carbocycles. The van der Waals surface area contributed by atoms with Crippen LogP contribution < -0.4 is 4.90 Å². The minimum Gasteiger partial charge on any atom is -0.370 e. The van der Waals surface area contributed by atoms with Crippen molar-refractivity contribution in [3.63, 3.8) is 0 Å². The van der Waals surface area contributed by atoms with Gasteiger partial charge in [0.05, 0.1) is 11.3 Å². The van der Waals surface area contributed by atoms with Crippen LogP contribution in [0.4, 0.5) is 5.69 Å². The summed E-state index contributed by atoms with van der Waals surface area (Å²) in [4.78, 5) is 2.38. The summed E-state index contributed by atoms with van der Waals surface area (Å²) < 4.78 is 0. The van der Waals surface area contributed by atoms with Crippen molar-refractivity contribution in [3.8, 4) is 6.07 Å². The first-order valence-electron chi connectivity index (χ1n) is 8.06. The topological polar surface area (TPSA) is 27.0 Å². The van der Waals surface area contributed by atoms with Crippen molar-refractivity contribution in [3.05, 3.63) is 65.2 Å². The fraction of sp³-hybridized carbons (Fsp3) is 0.350. The van der Waals surface area contributed by atoms with E-state index in [0.29, 0.717) is 0 Å². The Bertz CT molecular complexity index is 662. The van der Waals surface area contributed by atoms with Gasteiger partial charge < -0.3 is 4.90 Å². The number of hydrogen-bond acceptors (Lipinski definition) is 2. The van der Waals surface area contributed by atoms with Gasteiger partial charge in [0, 0.05) is 13.1 Å². The molecule has 1 aliphatic rings. The van der Waals surface area contributed by atoms with Gasteiger partial charge >= 0.3 is 0 Å². The fourth-order valence-corrected chi connectivity index (χ4v) is 3.32.